The second kappa shape index (κ2) is 8.40. The summed E-state index contributed by atoms with van der Waals surface area (Å²) in [5.41, 5.74) is 1.67. The van der Waals surface area contributed by atoms with Crippen LogP contribution >= 0.6 is 12.4 Å². The van der Waals surface area contributed by atoms with Crippen molar-refractivity contribution in [3.63, 3.8) is 0 Å². The molecule has 0 spiro atoms. The summed E-state index contributed by atoms with van der Waals surface area (Å²) in [5, 5.41) is 11.2. The molecule has 1 aromatic carbocycles. The number of furan rings is 1. The van der Waals surface area contributed by atoms with Crippen molar-refractivity contribution >= 4 is 23.4 Å². The third-order valence-electron chi connectivity index (χ3n) is 5.37. The van der Waals surface area contributed by atoms with Gasteiger partial charge >= 0.3 is 6.18 Å². The molecule has 0 atom stereocenters. The monoisotopic (exact) mass is 462 g/mol. The topological polar surface area (TPSA) is 73.0 Å². The number of hydrogen-bond donors (Lipinski definition) is 1. The summed E-state index contributed by atoms with van der Waals surface area (Å²) in [6, 6.07) is 10.6. The van der Waals surface area contributed by atoms with Gasteiger partial charge in [-0.25, -0.2) is 0 Å². The number of nitrogens with zero attached hydrogens (tertiary/aromatic N) is 3. The molecule has 1 N–H and O–H groups in total. The number of nitrogens with one attached hydrogen (secondary N) is 1. The first-order chi connectivity index (χ1) is 14.9. The van der Waals surface area contributed by atoms with Gasteiger partial charge in [0.05, 0.1) is 11.4 Å². The minimum Gasteiger partial charge on any atom is -0.461 e. The molecule has 0 bridgehead atoms. The highest BCUT2D eigenvalue weighted by Crippen LogP contribution is 2.30. The van der Waals surface area contributed by atoms with Crippen LogP contribution in [0.25, 0.3) is 27.9 Å². The molecule has 5 rings (SSSR count). The fourth-order valence-electron chi connectivity index (χ4n) is 3.81. The molecule has 0 saturated carbocycles. The van der Waals surface area contributed by atoms with Crippen molar-refractivity contribution in [2.45, 2.75) is 25.6 Å². The maximum atomic E-state index is 12.7. The molecule has 32 heavy (non-hydrogen) atoms. The lowest BCUT2D eigenvalue weighted by molar-refractivity contribution is -0.141. The highest BCUT2D eigenvalue weighted by molar-refractivity contribution is 5.85. The van der Waals surface area contributed by atoms with Crippen molar-refractivity contribution in [3.8, 4) is 16.9 Å². The molecule has 4 heterocycles. The predicted molar refractivity (Wildman–Crippen MR) is 115 cm³/mol. The fraction of sp³-hybridized carbons (Fsp3) is 0.227. The molecule has 3 aromatic heterocycles. The first-order valence-electron chi connectivity index (χ1n) is 9.79. The van der Waals surface area contributed by atoms with Gasteiger partial charge in [0.25, 0.3) is 5.56 Å². The van der Waals surface area contributed by atoms with Crippen LogP contribution in [0.1, 0.15) is 23.4 Å². The van der Waals surface area contributed by atoms with Gasteiger partial charge in [-0.3, -0.25) is 9.36 Å². The van der Waals surface area contributed by atoms with E-state index in [-0.39, 0.29) is 23.7 Å². The summed E-state index contributed by atoms with van der Waals surface area (Å²) in [6.07, 6.45) is -1.12. The number of rotatable bonds is 2. The molecule has 0 fully saturated rings. The second-order valence-corrected chi connectivity index (χ2v) is 7.39. The van der Waals surface area contributed by atoms with Crippen LogP contribution < -0.4 is 10.9 Å². The summed E-state index contributed by atoms with van der Waals surface area (Å²) < 4.78 is 45.5. The van der Waals surface area contributed by atoms with Crippen LogP contribution in [0.2, 0.25) is 0 Å². The molecular formula is C22H18ClF3N4O2. The maximum Gasteiger partial charge on any atom is 0.435 e. The Morgan fingerprint density at radius 2 is 1.91 bits per heavy atom. The molecular weight excluding hydrogens is 445 g/mol. The molecule has 4 aromatic rings. The van der Waals surface area contributed by atoms with Gasteiger partial charge in [0.1, 0.15) is 11.3 Å². The number of halogens is 4. The SMILES string of the molecule is Cl.O=c1cc(-c2ccc(C(F)(F)F)nn2)ccn1-c1ccc2c3c(oc2c1)CCCNC3. The van der Waals surface area contributed by atoms with E-state index in [1.165, 1.54) is 16.7 Å². The van der Waals surface area contributed by atoms with E-state index in [1.807, 2.05) is 18.2 Å². The van der Waals surface area contributed by atoms with E-state index >= 15 is 0 Å². The van der Waals surface area contributed by atoms with Crippen molar-refractivity contribution in [1.82, 2.24) is 20.1 Å². The van der Waals surface area contributed by atoms with Gasteiger partial charge in [-0.05, 0) is 43.3 Å². The molecule has 0 unspecified atom stereocenters. The van der Waals surface area contributed by atoms with Crippen LogP contribution in [0.15, 0.2) is 57.9 Å². The molecule has 0 amide bonds. The highest BCUT2D eigenvalue weighted by Gasteiger charge is 2.32. The number of aryl methyl sites for hydroxylation is 1. The number of fused-ring (bicyclic) bond motifs is 3. The van der Waals surface area contributed by atoms with Crippen molar-refractivity contribution in [2.24, 2.45) is 0 Å². The fourth-order valence-corrected chi connectivity index (χ4v) is 3.81. The van der Waals surface area contributed by atoms with Gasteiger partial charge < -0.3 is 9.73 Å². The Morgan fingerprint density at radius 3 is 2.62 bits per heavy atom. The average Bonchev–Trinajstić information content (AvgIpc) is 2.93. The van der Waals surface area contributed by atoms with Crippen LogP contribution in [0.3, 0.4) is 0 Å². The summed E-state index contributed by atoms with van der Waals surface area (Å²) >= 11 is 0. The summed E-state index contributed by atoms with van der Waals surface area (Å²) in [6.45, 7) is 1.71. The lowest BCUT2D eigenvalue weighted by Gasteiger charge is -2.08. The van der Waals surface area contributed by atoms with E-state index < -0.39 is 11.9 Å². The van der Waals surface area contributed by atoms with E-state index in [2.05, 4.69) is 15.5 Å². The molecule has 10 heteroatoms. The molecule has 0 saturated heterocycles. The minimum atomic E-state index is -4.56. The number of pyridine rings is 1. The molecule has 0 aliphatic carbocycles. The Bertz CT molecular complexity index is 1330. The normalized spacial score (nSPS) is 14.0. The Morgan fingerprint density at radius 1 is 1.06 bits per heavy atom. The van der Waals surface area contributed by atoms with Gasteiger partial charge in [-0.2, -0.15) is 13.2 Å². The van der Waals surface area contributed by atoms with Crippen LogP contribution in [0.5, 0.6) is 0 Å². The number of alkyl halides is 3. The van der Waals surface area contributed by atoms with Crippen LogP contribution in [0.4, 0.5) is 13.2 Å². The van der Waals surface area contributed by atoms with Crippen molar-refractivity contribution in [2.75, 3.05) is 6.54 Å². The molecule has 0 radical (unpaired) electrons. The standard InChI is InChI=1S/C22H17F3N4O2.ClH/c23-22(24,25)20-6-5-17(27-28-20)13-7-9-29(21(30)10-13)14-3-4-15-16-12-26-8-1-2-18(16)31-19(15)11-14;/h3-7,9-11,26H,1-2,8,12H2;1H. The Hall–Kier alpha value is -3.17. The van der Waals surface area contributed by atoms with Crippen molar-refractivity contribution in [3.05, 3.63) is 76.0 Å². The number of aromatic nitrogens is 3. The lowest BCUT2D eigenvalue weighted by atomic mass is 10.1. The smallest absolute Gasteiger partial charge is 0.435 e. The predicted octanol–water partition coefficient (Wildman–Crippen LogP) is 4.52. The Balaban J connectivity index is 0.00000245. The molecule has 1 aliphatic heterocycles. The largest absolute Gasteiger partial charge is 0.461 e. The van der Waals surface area contributed by atoms with E-state index in [1.54, 1.807) is 12.3 Å². The average molecular weight is 463 g/mol. The van der Waals surface area contributed by atoms with Gasteiger partial charge in [0.15, 0.2) is 5.69 Å². The van der Waals surface area contributed by atoms with Gasteiger partial charge in [0.2, 0.25) is 0 Å². The van der Waals surface area contributed by atoms with Gasteiger partial charge in [-0.1, -0.05) is 0 Å². The van der Waals surface area contributed by atoms with Crippen molar-refractivity contribution in [1.29, 1.82) is 0 Å². The molecule has 6 nitrogen and oxygen atoms in total. The molecule has 1 aliphatic rings. The van der Waals surface area contributed by atoms with E-state index in [0.29, 0.717) is 11.3 Å². The highest BCUT2D eigenvalue weighted by atomic mass is 35.5. The Labute approximate surface area is 186 Å². The first-order valence-corrected chi connectivity index (χ1v) is 9.79. The maximum absolute atomic E-state index is 12.7. The zero-order valence-electron chi connectivity index (χ0n) is 16.6. The summed E-state index contributed by atoms with van der Waals surface area (Å²) in [4.78, 5) is 12.7. The van der Waals surface area contributed by atoms with Crippen LogP contribution in [0, 0.1) is 0 Å². The lowest BCUT2D eigenvalue weighted by Crippen LogP contribution is -2.16. The van der Waals surface area contributed by atoms with Crippen molar-refractivity contribution < 1.29 is 17.6 Å². The zero-order valence-corrected chi connectivity index (χ0v) is 17.5. The van der Waals surface area contributed by atoms with Gasteiger partial charge in [-0.15, -0.1) is 22.6 Å². The van der Waals surface area contributed by atoms with Crippen LogP contribution in [-0.2, 0) is 19.1 Å². The van der Waals surface area contributed by atoms with Gasteiger partial charge in [0, 0.05) is 47.8 Å². The van der Waals surface area contributed by atoms with E-state index in [9.17, 15) is 18.0 Å². The minimum absolute atomic E-state index is 0. The van der Waals surface area contributed by atoms with Crippen LogP contribution in [-0.4, -0.2) is 21.3 Å². The second-order valence-electron chi connectivity index (χ2n) is 7.39. The zero-order chi connectivity index (χ0) is 21.6. The summed E-state index contributed by atoms with van der Waals surface area (Å²) in [5.74, 6) is 0.973. The number of hydrogen-bond acceptors (Lipinski definition) is 5. The third kappa shape index (κ3) is 4.01. The molecule has 166 valence electrons. The van der Waals surface area contributed by atoms with E-state index in [0.717, 1.165) is 54.3 Å². The third-order valence-corrected chi connectivity index (χ3v) is 5.37. The Kier molecular flexibility index (Phi) is 5.79. The number of benzene rings is 1. The summed E-state index contributed by atoms with van der Waals surface area (Å²) in [7, 11) is 0. The quantitative estimate of drug-likeness (QED) is 0.474. The van der Waals surface area contributed by atoms with E-state index in [4.69, 9.17) is 4.42 Å². The first kappa shape index (κ1) is 22.0.